The van der Waals surface area contributed by atoms with Crippen LogP contribution >= 0.6 is 0 Å². The van der Waals surface area contributed by atoms with E-state index in [2.05, 4.69) is 0 Å². The molecule has 1 heterocycles. The number of hydrogen-bond acceptors (Lipinski definition) is 4. The molecule has 0 bridgehead atoms. The van der Waals surface area contributed by atoms with Crippen molar-refractivity contribution in [2.75, 3.05) is 6.61 Å². The molecule has 6 heteroatoms. The minimum atomic E-state index is -3.82. The van der Waals surface area contributed by atoms with E-state index in [1.54, 1.807) is 49.4 Å². The van der Waals surface area contributed by atoms with Crippen LogP contribution in [-0.2, 0) is 19.6 Å². The third kappa shape index (κ3) is 3.41. The number of esters is 1. The van der Waals surface area contributed by atoms with Gasteiger partial charge in [0.2, 0.25) is 0 Å². The van der Waals surface area contributed by atoms with Gasteiger partial charge < -0.3 is 4.74 Å². The summed E-state index contributed by atoms with van der Waals surface area (Å²) in [6.07, 6.45) is 2.70. The van der Waals surface area contributed by atoms with E-state index < -0.39 is 16.0 Å². The molecule has 0 unspecified atom stereocenters. The third-order valence-corrected chi connectivity index (χ3v) is 5.69. The zero-order valence-corrected chi connectivity index (χ0v) is 15.4. The number of rotatable bonds is 5. The lowest BCUT2D eigenvalue weighted by atomic mass is 10.2. The van der Waals surface area contributed by atoms with Gasteiger partial charge in [-0.3, -0.25) is 0 Å². The Morgan fingerprint density at radius 3 is 2.50 bits per heavy atom. The monoisotopic (exact) mass is 369 g/mol. The fourth-order valence-electron chi connectivity index (χ4n) is 2.70. The Hall–Kier alpha value is -2.86. The van der Waals surface area contributed by atoms with Gasteiger partial charge in [-0.05, 0) is 44.2 Å². The Labute approximate surface area is 152 Å². The van der Waals surface area contributed by atoms with Crippen molar-refractivity contribution in [2.45, 2.75) is 18.7 Å². The summed E-state index contributed by atoms with van der Waals surface area (Å²) in [4.78, 5) is 11.8. The van der Waals surface area contributed by atoms with Crippen molar-refractivity contribution >= 4 is 33.0 Å². The van der Waals surface area contributed by atoms with Crippen LogP contribution in [0.4, 0.5) is 0 Å². The second-order valence-electron chi connectivity index (χ2n) is 5.80. The van der Waals surface area contributed by atoms with E-state index in [9.17, 15) is 13.2 Å². The lowest BCUT2D eigenvalue weighted by molar-refractivity contribution is -0.137. The predicted molar refractivity (Wildman–Crippen MR) is 101 cm³/mol. The minimum Gasteiger partial charge on any atom is -0.463 e. The molecule has 0 saturated heterocycles. The highest BCUT2D eigenvalue weighted by atomic mass is 32.2. The molecular formula is C20H19NO4S. The molecule has 134 valence electrons. The Bertz CT molecular complexity index is 1080. The molecule has 26 heavy (non-hydrogen) atoms. The Kier molecular flexibility index (Phi) is 4.95. The summed E-state index contributed by atoms with van der Waals surface area (Å²) >= 11 is 0. The van der Waals surface area contributed by atoms with Gasteiger partial charge in [-0.25, -0.2) is 17.2 Å². The average Bonchev–Trinajstić information content (AvgIpc) is 3.00. The average molecular weight is 369 g/mol. The van der Waals surface area contributed by atoms with Gasteiger partial charge in [0, 0.05) is 11.5 Å². The smallest absolute Gasteiger partial charge is 0.330 e. The van der Waals surface area contributed by atoms with Gasteiger partial charge in [0.1, 0.15) is 0 Å². The minimum absolute atomic E-state index is 0.190. The number of hydrogen-bond donors (Lipinski definition) is 0. The summed E-state index contributed by atoms with van der Waals surface area (Å²) in [6.45, 7) is 3.87. The zero-order valence-electron chi connectivity index (χ0n) is 14.5. The summed E-state index contributed by atoms with van der Waals surface area (Å²) in [5.41, 5.74) is 1.92. The first kappa shape index (κ1) is 17.9. The molecule has 0 radical (unpaired) electrons. The topological polar surface area (TPSA) is 65.4 Å². The van der Waals surface area contributed by atoms with E-state index in [0.717, 1.165) is 10.9 Å². The van der Waals surface area contributed by atoms with Gasteiger partial charge in [0.05, 0.1) is 22.7 Å². The van der Waals surface area contributed by atoms with E-state index in [0.29, 0.717) is 11.2 Å². The maximum atomic E-state index is 13.2. The van der Waals surface area contributed by atoms with Gasteiger partial charge in [-0.15, -0.1) is 0 Å². The molecule has 3 aromatic rings. The molecule has 1 aromatic heterocycles. The van der Waals surface area contributed by atoms with E-state index in [1.165, 1.54) is 16.1 Å². The number of benzene rings is 2. The highest BCUT2D eigenvalue weighted by Crippen LogP contribution is 2.26. The maximum absolute atomic E-state index is 13.2. The van der Waals surface area contributed by atoms with Crippen LogP contribution in [0.25, 0.3) is 17.0 Å². The van der Waals surface area contributed by atoms with Crippen LogP contribution in [-0.4, -0.2) is 25.0 Å². The van der Waals surface area contributed by atoms with Crippen molar-refractivity contribution in [3.05, 3.63) is 71.9 Å². The maximum Gasteiger partial charge on any atom is 0.330 e. The lowest BCUT2D eigenvalue weighted by Gasteiger charge is -2.10. The molecular weight excluding hydrogens is 350 g/mol. The van der Waals surface area contributed by atoms with Crippen molar-refractivity contribution in [3.8, 4) is 0 Å². The van der Waals surface area contributed by atoms with Gasteiger partial charge in [0.15, 0.2) is 0 Å². The number of fused-ring (bicyclic) bond motifs is 1. The SMILES string of the molecule is CCOC(=O)/C=C/c1cc2ccccc2n1S(=O)(=O)c1ccc(C)cc1. The highest BCUT2D eigenvalue weighted by Gasteiger charge is 2.22. The first-order valence-corrected chi connectivity index (χ1v) is 9.65. The second kappa shape index (κ2) is 7.17. The predicted octanol–water partition coefficient (Wildman–Crippen LogP) is 3.76. The zero-order chi connectivity index (χ0) is 18.7. The summed E-state index contributed by atoms with van der Waals surface area (Å²) in [6, 6.07) is 15.6. The summed E-state index contributed by atoms with van der Waals surface area (Å²) in [5.74, 6) is -0.517. The number of carbonyl (C=O) groups excluding carboxylic acids is 1. The second-order valence-corrected chi connectivity index (χ2v) is 7.58. The number of para-hydroxylation sites is 1. The molecule has 0 aliphatic rings. The lowest BCUT2D eigenvalue weighted by Crippen LogP contribution is -2.14. The van der Waals surface area contributed by atoms with Crippen LogP contribution in [0.1, 0.15) is 18.2 Å². The molecule has 0 aliphatic carbocycles. The van der Waals surface area contributed by atoms with Crippen molar-refractivity contribution in [2.24, 2.45) is 0 Å². The van der Waals surface area contributed by atoms with Gasteiger partial charge in [-0.1, -0.05) is 35.9 Å². The molecule has 0 aliphatic heterocycles. The number of carbonyl (C=O) groups is 1. The van der Waals surface area contributed by atoms with E-state index in [-0.39, 0.29) is 11.5 Å². The normalized spacial score (nSPS) is 11.9. The number of aryl methyl sites for hydroxylation is 1. The van der Waals surface area contributed by atoms with Crippen molar-refractivity contribution in [1.29, 1.82) is 0 Å². The van der Waals surface area contributed by atoms with Crippen molar-refractivity contribution in [1.82, 2.24) is 3.97 Å². The largest absolute Gasteiger partial charge is 0.463 e. The number of nitrogens with zero attached hydrogens (tertiary/aromatic N) is 1. The molecule has 2 aromatic carbocycles. The fourth-order valence-corrected chi connectivity index (χ4v) is 4.20. The van der Waals surface area contributed by atoms with Crippen LogP contribution in [0.2, 0.25) is 0 Å². The van der Waals surface area contributed by atoms with Crippen LogP contribution < -0.4 is 0 Å². The van der Waals surface area contributed by atoms with Crippen LogP contribution in [0.15, 0.2) is 65.6 Å². The standard InChI is InChI=1S/C20H19NO4S/c1-3-25-20(22)13-10-17-14-16-6-4-5-7-19(16)21(17)26(23,24)18-11-8-15(2)9-12-18/h4-14H,3H2,1-2H3/b13-10+. The quantitative estimate of drug-likeness (QED) is 0.507. The molecule has 0 saturated carbocycles. The Morgan fingerprint density at radius 2 is 1.81 bits per heavy atom. The number of ether oxygens (including phenoxy) is 1. The first-order chi connectivity index (χ1) is 12.4. The highest BCUT2D eigenvalue weighted by molar-refractivity contribution is 7.90. The van der Waals surface area contributed by atoms with Crippen LogP contribution in [0.5, 0.6) is 0 Å². The van der Waals surface area contributed by atoms with Crippen LogP contribution in [0, 0.1) is 6.92 Å². The van der Waals surface area contributed by atoms with Crippen molar-refractivity contribution < 1.29 is 17.9 Å². The van der Waals surface area contributed by atoms with E-state index in [4.69, 9.17) is 4.74 Å². The van der Waals surface area contributed by atoms with E-state index in [1.807, 2.05) is 19.1 Å². The molecule has 3 rings (SSSR count). The summed E-state index contributed by atoms with van der Waals surface area (Å²) < 4.78 is 32.6. The van der Waals surface area contributed by atoms with Gasteiger partial charge in [0.25, 0.3) is 10.0 Å². The summed E-state index contributed by atoms with van der Waals surface area (Å²) in [5, 5.41) is 0.770. The third-order valence-electron chi connectivity index (χ3n) is 3.93. The molecule has 0 amide bonds. The Balaban J connectivity index is 2.18. The number of aromatic nitrogens is 1. The van der Waals surface area contributed by atoms with Crippen LogP contribution in [0.3, 0.4) is 0 Å². The molecule has 5 nitrogen and oxygen atoms in total. The molecule has 0 fully saturated rings. The first-order valence-electron chi connectivity index (χ1n) is 8.21. The van der Waals surface area contributed by atoms with Crippen molar-refractivity contribution in [3.63, 3.8) is 0 Å². The summed E-state index contributed by atoms with van der Waals surface area (Å²) in [7, 11) is -3.82. The van der Waals surface area contributed by atoms with Gasteiger partial charge in [-0.2, -0.15) is 0 Å². The molecule has 0 spiro atoms. The van der Waals surface area contributed by atoms with E-state index >= 15 is 0 Å². The molecule has 0 N–H and O–H groups in total. The fraction of sp³-hybridized carbons (Fsp3) is 0.150. The Morgan fingerprint density at radius 1 is 1.12 bits per heavy atom. The van der Waals surface area contributed by atoms with Gasteiger partial charge >= 0.3 is 5.97 Å². The molecule has 0 atom stereocenters.